The van der Waals surface area contributed by atoms with E-state index in [0.717, 1.165) is 21.0 Å². The predicted molar refractivity (Wildman–Crippen MR) is 79.3 cm³/mol. The quantitative estimate of drug-likeness (QED) is 0.711. The molecule has 5 heteroatoms. The van der Waals surface area contributed by atoms with Crippen molar-refractivity contribution in [3.05, 3.63) is 70.6 Å². The lowest BCUT2D eigenvalue weighted by atomic mass is 9.99. The third-order valence-corrected chi connectivity index (χ3v) is 4.55. The fraction of sp³-hybridized carbons (Fsp3) is 0.125. The molecule has 1 unspecified atom stereocenters. The van der Waals surface area contributed by atoms with Gasteiger partial charge in [-0.3, -0.25) is 0 Å². The van der Waals surface area contributed by atoms with E-state index >= 15 is 0 Å². The van der Waals surface area contributed by atoms with Gasteiger partial charge < -0.3 is 5.73 Å². The summed E-state index contributed by atoms with van der Waals surface area (Å²) in [4.78, 5) is 0.730. The maximum atomic E-state index is 13.1. The van der Waals surface area contributed by atoms with Crippen molar-refractivity contribution in [2.75, 3.05) is 0 Å². The Hall–Kier alpha value is -1.85. The zero-order valence-corrected chi connectivity index (χ0v) is 11.7. The Morgan fingerprint density at radius 1 is 0.952 bits per heavy atom. The summed E-state index contributed by atoms with van der Waals surface area (Å²) >= 11 is 1.43. The number of nitrogens with two attached hydrogens (primary N) is 1. The van der Waals surface area contributed by atoms with E-state index in [9.17, 15) is 13.2 Å². The van der Waals surface area contributed by atoms with Gasteiger partial charge in [0, 0.05) is 9.58 Å². The Balaban J connectivity index is 2.08. The molecule has 108 valence electrons. The average molecular weight is 307 g/mol. The van der Waals surface area contributed by atoms with Gasteiger partial charge >= 0.3 is 6.18 Å². The van der Waals surface area contributed by atoms with Gasteiger partial charge in [-0.25, -0.2) is 0 Å². The first-order valence-electron chi connectivity index (χ1n) is 6.37. The van der Waals surface area contributed by atoms with Crippen LogP contribution in [0.2, 0.25) is 0 Å². The van der Waals surface area contributed by atoms with Gasteiger partial charge in [0.1, 0.15) is 0 Å². The number of fused-ring (bicyclic) bond motifs is 1. The molecule has 2 N–H and O–H groups in total. The normalized spacial score (nSPS) is 13.5. The molecule has 0 aliphatic carbocycles. The molecule has 1 nitrogen and oxygen atoms in total. The van der Waals surface area contributed by atoms with Crippen LogP contribution in [0.1, 0.15) is 22.0 Å². The molecule has 3 aromatic rings. The molecule has 0 spiro atoms. The Morgan fingerprint density at radius 2 is 1.62 bits per heavy atom. The van der Waals surface area contributed by atoms with Gasteiger partial charge in [-0.15, -0.1) is 11.3 Å². The summed E-state index contributed by atoms with van der Waals surface area (Å²) in [7, 11) is 0. The van der Waals surface area contributed by atoms with Crippen LogP contribution in [0.5, 0.6) is 0 Å². The van der Waals surface area contributed by atoms with E-state index in [4.69, 9.17) is 5.73 Å². The standard InChI is InChI=1S/C16H12F3NS/c17-16(18,19)12-7-3-2-6-11(12)15(20)14-9-10-5-1-4-8-13(10)21-14/h1-9,15H,20H2. The van der Waals surface area contributed by atoms with Crippen LogP contribution in [0.4, 0.5) is 13.2 Å². The highest BCUT2D eigenvalue weighted by atomic mass is 32.1. The number of hydrogen-bond donors (Lipinski definition) is 1. The lowest BCUT2D eigenvalue weighted by Gasteiger charge is -2.17. The number of thiophene rings is 1. The molecule has 3 rings (SSSR count). The summed E-state index contributed by atoms with van der Waals surface area (Å²) in [5.74, 6) is 0. The van der Waals surface area contributed by atoms with Crippen LogP contribution in [-0.2, 0) is 6.18 Å². The smallest absolute Gasteiger partial charge is 0.320 e. The highest BCUT2D eigenvalue weighted by Crippen LogP contribution is 2.38. The third kappa shape index (κ3) is 2.66. The zero-order valence-electron chi connectivity index (χ0n) is 10.9. The molecular weight excluding hydrogens is 295 g/mol. The number of benzene rings is 2. The molecule has 1 aromatic heterocycles. The maximum absolute atomic E-state index is 13.1. The second kappa shape index (κ2) is 5.16. The van der Waals surface area contributed by atoms with Crippen molar-refractivity contribution < 1.29 is 13.2 Å². The molecule has 0 bridgehead atoms. The summed E-state index contributed by atoms with van der Waals surface area (Å²) in [6.07, 6.45) is -4.40. The van der Waals surface area contributed by atoms with Crippen LogP contribution >= 0.6 is 11.3 Å². The molecule has 1 heterocycles. The van der Waals surface area contributed by atoms with Gasteiger partial charge in [0.05, 0.1) is 11.6 Å². The molecule has 0 fully saturated rings. The van der Waals surface area contributed by atoms with E-state index in [-0.39, 0.29) is 5.56 Å². The Morgan fingerprint density at radius 3 is 2.33 bits per heavy atom. The largest absolute Gasteiger partial charge is 0.416 e. The first-order valence-corrected chi connectivity index (χ1v) is 7.18. The molecule has 1 atom stereocenters. The van der Waals surface area contributed by atoms with Crippen LogP contribution in [0.25, 0.3) is 10.1 Å². The second-order valence-corrected chi connectivity index (χ2v) is 5.86. The molecule has 0 amide bonds. The molecule has 0 aliphatic rings. The minimum absolute atomic E-state index is 0.108. The summed E-state index contributed by atoms with van der Waals surface area (Å²) in [6.45, 7) is 0. The van der Waals surface area contributed by atoms with E-state index in [1.165, 1.54) is 23.5 Å². The van der Waals surface area contributed by atoms with Gasteiger partial charge in [-0.05, 0) is 29.1 Å². The van der Waals surface area contributed by atoms with Crippen molar-refractivity contribution in [3.63, 3.8) is 0 Å². The van der Waals surface area contributed by atoms with Gasteiger partial charge in [0.15, 0.2) is 0 Å². The summed E-state index contributed by atoms with van der Waals surface area (Å²) in [6, 6.07) is 14.2. The number of hydrogen-bond acceptors (Lipinski definition) is 2. The minimum atomic E-state index is -4.40. The summed E-state index contributed by atoms with van der Waals surface area (Å²) in [5, 5.41) is 0.998. The maximum Gasteiger partial charge on any atom is 0.416 e. The first-order chi connectivity index (χ1) is 9.97. The predicted octanol–water partition coefficient (Wildman–Crippen LogP) is 4.97. The number of halogens is 3. The number of alkyl halides is 3. The molecule has 0 radical (unpaired) electrons. The second-order valence-electron chi connectivity index (χ2n) is 4.75. The molecule has 2 aromatic carbocycles. The third-order valence-electron chi connectivity index (χ3n) is 3.35. The van der Waals surface area contributed by atoms with Crippen LogP contribution in [0.3, 0.4) is 0 Å². The van der Waals surface area contributed by atoms with Crippen molar-refractivity contribution in [2.24, 2.45) is 5.73 Å². The van der Waals surface area contributed by atoms with Gasteiger partial charge in [-0.1, -0.05) is 36.4 Å². The van der Waals surface area contributed by atoms with Crippen molar-refractivity contribution >= 4 is 21.4 Å². The van der Waals surface area contributed by atoms with E-state index in [1.54, 1.807) is 6.07 Å². The number of rotatable bonds is 2. The van der Waals surface area contributed by atoms with E-state index in [1.807, 2.05) is 30.3 Å². The summed E-state index contributed by atoms with van der Waals surface area (Å²) < 4.78 is 40.3. The summed E-state index contributed by atoms with van der Waals surface area (Å²) in [5.41, 5.74) is 5.52. The average Bonchev–Trinajstić information content (AvgIpc) is 2.89. The first kappa shape index (κ1) is 14.1. The van der Waals surface area contributed by atoms with Crippen LogP contribution in [0, 0.1) is 0 Å². The molecule has 0 saturated heterocycles. The zero-order chi connectivity index (χ0) is 15.0. The SMILES string of the molecule is NC(c1cc2ccccc2s1)c1ccccc1C(F)(F)F. The molecule has 21 heavy (non-hydrogen) atoms. The van der Waals surface area contributed by atoms with Crippen LogP contribution < -0.4 is 5.73 Å². The lowest BCUT2D eigenvalue weighted by molar-refractivity contribution is -0.138. The van der Waals surface area contributed by atoms with E-state index in [0.29, 0.717) is 0 Å². The van der Waals surface area contributed by atoms with Crippen LogP contribution in [0.15, 0.2) is 54.6 Å². The fourth-order valence-corrected chi connectivity index (χ4v) is 3.42. The Kier molecular flexibility index (Phi) is 3.47. The van der Waals surface area contributed by atoms with Gasteiger partial charge in [0.2, 0.25) is 0 Å². The van der Waals surface area contributed by atoms with Crippen molar-refractivity contribution in [1.29, 1.82) is 0 Å². The van der Waals surface area contributed by atoms with Gasteiger partial charge in [0.25, 0.3) is 0 Å². The van der Waals surface area contributed by atoms with Crippen molar-refractivity contribution in [2.45, 2.75) is 12.2 Å². The minimum Gasteiger partial charge on any atom is -0.320 e. The van der Waals surface area contributed by atoms with Crippen molar-refractivity contribution in [3.8, 4) is 0 Å². The molecule has 0 saturated carbocycles. The molecule has 0 aliphatic heterocycles. The monoisotopic (exact) mass is 307 g/mol. The fourth-order valence-electron chi connectivity index (χ4n) is 2.34. The molecular formula is C16H12F3NS. The lowest BCUT2D eigenvalue weighted by Crippen LogP contribution is -2.17. The Bertz CT molecular complexity index is 743. The van der Waals surface area contributed by atoms with Crippen LogP contribution in [-0.4, -0.2) is 0 Å². The highest BCUT2D eigenvalue weighted by molar-refractivity contribution is 7.19. The van der Waals surface area contributed by atoms with E-state index in [2.05, 4.69) is 0 Å². The van der Waals surface area contributed by atoms with Gasteiger partial charge in [-0.2, -0.15) is 13.2 Å². The highest BCUT2D eigenvalue weighted by Gasteiger charge is 2.34. The topological polar surface area (TPSA) is 26.0 Å². The van der Waals surface area contributed by atoms with E-state index < -0.39 is 17.8 Å². The Labute approximate surface area is 123 Å². The van der Waals surface area contributed by atoms with Crippen molar-refractivity contribution in [1.82, 2.24) is 0 Å².